The fourth-order valence-corrected chi connectivity index (χ4v) is 2.37. The van der Waals surface area contributed by atoms with Crippen LogP contribution in [-0.2, 0) is 10.4 Å². The number of phenolic OH excluding ortho intramolecular Hbond substituents is 2. The first-order valence-electron chi connectivity index (χ1n) is 6.14. The van der Waals surface area contributed by atoms with Crippen molar-refractivity contribution in [3.63, 3.8) is 0 Å². The number of Topliss-reactive ketones (excluding diaryl/α,β-unsaturated/α-hetero) is 1. The highest BCUT2D eigenvalue weighted by molar-refractivity contribution is 6.26. The summed E-state index contributed by atoms with van der Waals surface area (Å²) < 4.78 is 0. The molecule has 4 N–H and O–H groups in total. The molecule has 6 heteroatoms. The second kappa shape index (κ2) is 4.32. The van der Waals surface area contributed by atoms with E-state index in [9.17, 15) is 24.9 Å². The van der Waals surface area contributed by atoms with Gasteiger partial charge in [0.1, 0.15) is 11.5 Å². The van der Waals surface area contributed by atoms with E-state index in [4.69, 9.17) is 0 Å². The van der Waals surface area contributed by atoms with Gasteiger partial charge in [0.05, 0.1) is 5.69 Å². The van der Waals surface area contributed by atoms with Crippen molar-refractivity contribution >= 4 is 17.4 Å². The van der Waals surface area contributed by atoms with Gasteiger partial charge in [-0.15, -0.1) is 0 Å². The summed E-state index contributed by atoms with van der Waals surface area (Å²) in [5, 5.41) is 32.2. The van der Waals surface area contributed by atoms with Crippen molar-refractivity contribution < 1.29 is 24.9 Å². The molecule has 0 radical (unpaired) electrons. The Kier molecular flexibility index (Phi) is 2.70. The number of amides is 1. The first-order valence-corrected chi connectivity index (χ1v) is 6.14. The highest BCUT2D eigenvalue weighted by Crippen LogP contribution is 2.39. The van der Waals surface area contributed by atoms with Gasteiger partial charge in [-0.1, -0.05) is 12.1 Å². The number of carbonyl (C=O) groups is 2. The first kappa shape index (κ1) is 13.1. The molecule has 1 amide bonds. The molecule has 0 aliphatic carbocycles. The topological polar surface area (TPSA) is 107 Å². The number of aliphatic hydroxyl groups is 1. The molecule has 2 aromatic carbocycles. The molecule has 1 aliphatic rings. The molecule has 0 saturated heterocycles. The Hall–Kier alpha value is -2.86. The fourth-order valence-electron chi connectivity index (χ4n) is 2.37. The zero-order valence-electron chi connectivity index (χ0n) is 10.7. The van der Waals surface area contributed by atoms with E-state index in [1.54, 1.807) is 18.2 Å². The average molecular weight is 285 g/mol. The van der Waals surface area contributed by atoms with Crippen LogP contribution in [0.15, 0.2) is 42.5 Å². The zero-order valence-corrected chi connectivity index (χ0v) is 10.7. The van der Waals surface area contributed by atoms with E-state index in [1.807, 2.05) is 0 Å². The third-order valence-electron chi connectivity index (χ3n) is 3.45. The summed E-state index contributed by atoms with van der Waals surface area (Å²) in [5.74, 6) is -2.57. The van der Waals surface area contributed by atoms with Crippen molar-refractivity contribution in [2.75, 3.05) is 5.32 Å². The lowest BCUT2D eigenvalue weighted by atomic mass is 9.81. The zero-order chi connectivity index (χ0) is 15.2. The maximum atomic E-state index is 12.5. The number of rotatable bonds is 1. The monoisotopic (exact) mass is 285 g/mol. The lowest BCUT2D eigenvalue weighted by molar-refractivity contribution is -0.130. The van der Waals surface area contributed by atoms with Crippen LogP contribution in [0.5, 0.6) is 11.5 Å². The average Bonchev–Trinajstić information content (AvgIpc) is 2.45. The van der Waals surface area contributed by atoms with Crippen LogP contribution in [0, 0.1) is 0 Å². The van der Waals surface area contributed by atoms with Gasteiger partial charge >= 0.3 is 0 Å². The highest BCUT2D eigenvalue weighted by Gasteiger charge is 2.51. The van der Waals surface area contributed by atoms with Gasteiger partial charge in [0, 0.05) is 17.2 Å². The molecular weight excluding hydrogens is 274 g/mol. The van der Waals surface area contributed by atoms with Crippen molar-refractivity contribution in [2.24, 2.45) is 0 Å². The Morgan fingerprint density at radius 1 is 1.00 bits per heavy atom. The number of fused-ring (bicyclic) bond motifs is 1. The van der Waals surface area contributed by atoms with Crippen molar-refractivity contribution in [3.05, 3.63) is 53.6 Å². The van der Waals surface area contributed by atoms with Gasteiger partial charge in [0.25, 0.3) is 5.91 Å². The normalized spacial score (nSPS) is 20.8. The smallest absolute Gasteiger partial charge is 0.269 e. The van der Waals surface area contributed by atoms with E-state index in [2.05, 4.69) is 5.32 Å². The molecule has 0 bridgehead atoms. The molecule has 0 saturated carbocycles. The number of hydrogen-bond donors (Lipinski definition) is 4. The number of nitrogens with one attached hydrogen (secondary N) is 1. The minimum Gasteiger partial charge on any atom is -0.508 e. The van der Waals surface area contributed by atoms with Crippen LogP contribution < -0.4 is 5.32 Å². The summed E-state index contributed by atoms with van der Waals surface area (Å²) in [7, 11) is 0. The van der Waals surface area contributed by atoms with Crippen LogP contribution in [0.25, 0.3) is 0 Å². The van der Waals surface area contributed by atoms with E-state index in [0.717, 1.165) is 12.1 Å². The minimum atomic E-state index is -2.54. The summed E-state index contributed by atoms with van der Waals surface area (Å²) in [6.45, 7) is 0. The van der Waals surface area contributed by atoms with Gasteiger partial charge in [-0.2, -0.15) is 0 Å². The number of anilines is 1. The molecule has 3 rings (SSSR count). The van der Waals surface area contributed by atoms with E-state index in [0.29, 0.717) is 5.69 Å². The van der Waals surface area contributed by atoms with E-state index in [-0.39, 0.29) is 16.9 Å². The predicted octanol–water partition coefficient (Wildman–Crippen LogP) is 1.12. The number of phenols is 2. The number of benzene rings is 2. The van der Waals surface area contributed by atoms with Crippen molar-refractivity contribution in [1.29, 1.82) is 0 Å². The summed E-state index contributed by atoms with van der Waals surface area (Å²) in [4.78, 5) is 24.7. The van der Waals surface area contributed by atoms with Gasteiger partial charge in [-0.25, -0.2) is 0 Å². The van der Waals surface area contributed by atoms with E-state index < -0.39 is 23.0 Å². The van der Waals surface area contributed by atoms with Gasteiger partial charge in [0.2, 0.25) is 11.4 Å². The third kappa shape index (κ3) is 1.77. The Balaban J connectivity index is 2.21. The fraction of sp³-hybridized carbons (Fsp3) is 0.0667. The number of ketones is 1. The molecule has 0 spiro atoms. The molecule has 0 aromatic heterocycles. The maximum Gasteiger partial charge on any atom is 0.269 e. The Labute approximate surface area is 119 Å². The SMILES string of the molecule is O=C1Nc2ccccc2C(=O)C1(O)c1ccc(O)cc1O. The van der Waals surface area contributed by atoms with Gasteiger partial charge in [-0.3, -0.25) is 9.59 Å². The van der Waals surface area contributed by atoms with Crippen LogP contribution in [0.4, 0.5) is 5.69 Å². The van der Waals surface area contributed by atoms with E-state index >= 15 is 0 Å². The second-order valence-electron chi connectivity index (χ2n) is 4.74. The molecule has 1 unspecified atom stereocenters. The summed E-state index contributed by atoms with van der Waals surface area (Å²) >= 11 is 0. The summed E-state index contributed by atoms with van der Waals surface area (Å²) in [6, 6.07) is 9.53. The standard InChI is InChI=1S/C15H11NO5/c17-8-5-6-10(12(18)7-8)15(21)13(19)9-3-1-2-4-11(9)16-14(15)20/h1-7,17-18,21H,(H,16,20). The summed E-state index contributed by atoms with van der Waals surface area (Å²) in [5.41, 5.74) is -2.37. The summed E-state index contributed by atoms with van der Waals surface area (Å²) in [6.07, 6.45) is 0. The molecule has 0 fully saturated rings. The van der Waals surface area contributed by atoms with Gasteiger partial charge in [0.15, 0.2) is 0 Å². The molecule has 2 aromatic rings. The molecule has 21 heavy (non-hydrogen) atoms. The molecule has 6 nitrogen and oxygen atoms in total. The minimum absolute atomic E-state index is 0.145. The Morgan fingerprint density at radius 3 is 2.43 bits per heavy atom. The molecule has 1 aliphatic heterocycles. The Morgan fingerprint density at radius 2 is 1.71 bits per heavy atom. The van der Waals surface area contributed by atoms with Crippen LogP contribution in [0.1, 0.15) is 15.9 Å². The van der Waals surface area contributed by atoms with Crippen molar-refractivity contribution in [1.82, 2.24) is 0 Å². The first-order chi connectivity index (χ1) is 9.94. The Bertz CT molecular complexity index is 770. The highest BCUT2D eigenvalue weighted by atomic mass is 16.3. The van der Waals surface area contributed by atoms with Gasteiger partial charge in [-0.05, 0) is 24.3 Å². The van der Waals surface area contributed by atoms with Crippen LogP contribution >= 0.6 is 0 Å². The largest absolute Gasteiger partial charge is 0.508 e. The number of aromatic hydroxyl groups is 2. The number of carbonyl (C=O) groups excluding carboxylic acids is 2. The van der Waals surface area contributed by atoms with Crippen LogP contribution in [-0.4, -0.2) is 27.0 Å². The van der Waals surface area contributed by atoms with Crippen molar-refractivity contribution in [3.8, 4) is 11.5 Å². The third-order valence-corrected chi connectivity index (χ3v) is 3.45. The number of hydrogen-bond acceptors (Lipinski definition) is 5. The molecule has 106 valence electrons. The quantitative estimate of drug-likeness (QED) is 0.587. The van der Waals surface area contributed by atoms with Crippen LogP contribution in [0.3, 0.4) is 0 Å². The maximum absolute atomic E-state index is 12.5. The molecular formula is C15H11NO5. The van der Waals surface area contributed by atoms with E-state index in [1.165, 1.54) is 12.1 Å². The lowest BCUT2D eigenvalue weighted by Crippen LogP contribution is -2.50. The molecule has 1 atom stereocenters. The van der Waals surface area contributed by atoms with Gasteiger partial charge < -0.3 is 20.6 Å². The van der Waals surface area contributed by atoms with Crippen molar-refractivity contribution in [2.45, 2.75) is 5.60 Å². The molecule has 1 heterocycles. The number of para-hydroxylation sites is 1. The second-order valence-corrected chi connectivity index (χ2v) is 4.74. The lowest BCUT2D eigenvalue weighted by Gasteiger charge is -2.31. The predicted molar refractivity (Wildman–Crippen MR) is 73.1 cm³/mol. The van der Waals surface area contributed by atoms with Crippen LogP contribution in [0.2, 0.25) is 0 Å².